The van der Waals surface area contributed by atoms with Gasteiger partial charge in [-0.05, 0) is 68.7 Å². The molecule has 25 heavy (non-hydrogen) atoms. The van der Waals surface area contributed by atoms with Crippen molar-refractivity contribution in [1.82, 2.24) is 5.32 Å². The molecule has 0 unspecified atom stereocenters. The second kappa shape index (κ2) is 8.06. The smallest absolute Gasteiger partial charge is 0.339 e. The number of benzene rings is 1. The van der Waals surface area contributed by atoms with Crippen LogP contribution in [-0.2, 0) is 4.79 Å². The fraction of sp³-hybridized carbons (Fsp3) is 0.556. The van der Waals surface area contributed by atoms with Crippen LogP contribution in [0.1, 0.15) is 41.6 Å². The van der Waals surface area contributed by atoms with Crippen molar-refractivity contribution in [1.29, 1.82) is 0 Å². The zero-order chi connectivity index (χ0) is 17.3. The Morgan fingerprint density at radius 3 is 2.60 bits per heavy atom. The first-order valence-corrected chi connectivity index (χ1v) is 8.41. The van der Waals surface area contributed by atoms with Gasteiger partial charge >= 0.3 is 11.9 Å². The SMILES string of the molecule is Cc1ccc(C(=O)O)c(O[C@H]2CC[C@H]3CN[C@H](C(=O)O)C[C@H]3C2)c1.Cl. The van der Waals surface area contributed by atoms with E-state index in [0.717, 1.165) is 31.4 Å². The molecular weight excluding hydrogens is 346 g/mol. The summed E-state index contributed by atoms with van der Waals surface area (Å²) in [6.45, 7) is 2.64. The summed E-state index contributed by atoms with van der Waals surface area (Å²) in [7, 11) is 0. The van der Waals surface area contributed by atoms with Crippen LogP contribution in [0, 0.1) is 18.8 Å². The molecule has 1 aliphatic carbocycles. The number of ether oxygens (including phenoxy) is 1. The van der Waals surface area contributed by atoms with Crippen molar-refractivity contribution >= 4 is 24.3 Å². The monoisotopic (exact) mass is 369 g/mol. The highest BCUT2D eigenvalue weighted by Gasteiger charge is 2.38. The minimum atomic E-state index is -0.994. The van der Waals surface area contributed by atoms with Gasteiger partial charge in [-0.25, -0.2) is 4.79 Å². The van der Waals surface area contributed by atoms with Gasteiger partial charge in [-0.2, -0.15) is 0 Å². The fourth-order valence-electron chi connectivity index (χ4n) is 3.90. The molecule has 7 heteroatoms. The standard InChI is InChI=1S/C18H23NO5.ClH/c1-10-2-5-14(17(20)21)16(6-10)24-13-4-3-11-9-19-15(18(22)23)8-12(11)7-13;/h2,5-6,11-13,15,19H,3-4,7-9H2,1H3,(H,20,21)(H,22,23);1H/t11-,12+,13-,15-;/m0./s1. The van der Waals surface area contributed by atoms with Gasteiger partial charge in [0.2, 0.25) is 0 Å². The van der Waals surface area contributed by atoms with E-state index in [2.05, 4.69) is 5.32 Å². The Morgan fingerprint density at radius 2 is 1.92 bits per heavy atom. The number of aliphatic carboxylic acids is 1. The number of hydrogen-bond acceptors (Lipinski definition) is 4. The third-order valence-corrected chi connectivity index (χ3v) is 5.22. The number of aromatic carboxylic acids is 1. The molecule has 1 aliphatic heterocycles. The normalized spacial score (nSPS) is 28.4. The minimum Gasteiger partial charge on any atom is -0.490 e. The van der Waals surface area contributed by atoms with Gasteiger partial charge in [0.25, 0.3) is 0 Å². The maximum Gasteiger partial charge on any atom is 0.339 e. The quantitative estimate of drug-likeness (QED) is 0.755. The van der Waals surface area contributed by atoms with E-state index in [-0.39, 0.29) is 24.1 Å². The van der Waals surface area contributed by atoms with Gasteiger partial charge in [-0.3, -0.25) is 4.79 Å². The molecular formula is C18H24ClNO5. The van der Waals surface area contributed by atoms with Crippen LogP contribution in [0.5, 0.6) is 5.75 Å². The first-order chi connectivity index (χ1) is 11.4. The second-order valence-corrected chi connectivity index (χ2v) is 6.91. The van der Waals surface area contributed by atoms with Gasteiger partial charge in [0.05, 0.1) is 6.10 Å². The van der Waals surface area contributed by atoms with Gasteiger partial charge in [0.15, 0.2) is 0 Å². The lowest BCUT2D eigenvalue weighted by atomic mass is 9.72. The molecule has 2 aliphatic rings. The topological polar surface area (TPSA) is 95.9 Å². The Labute approximate surface area is 153 Å². The number of fused-ring (bicyclic) bond motifs is 1. The summed E-state index contributed by atoms with van der Waals surface area (Å²) in [6.07, 6.45) is 3.18. The van der Waals surface area contributed by atoms with E-state index in [1.807, 2.05) is 6.92 Å². The summed E-state index contributed by atoms with van der Waals surface area (Å²) < 4.78 is 6.02. The molecule has 2 fully saturated rings. The zero-order valence-electron chi connectivity index (χ0n) is 14.1. The summed E-state index contributed by atoms with van der Waals surface area (Å²) in [5.41, 5.74) is 1.13. The molecule has 1 saturated carbocycles. The molecule has 1 heterocycles. The molecule has 1 aromatic carbocycles. The van der Waals surface area contributed by atoms with E-state index in [9.17, 15) is 19.8 Å². The van der Waals surface area contributed by atoms with Crippen LogP contribution in [0.3, 0.4) is 0 Å². The molecule has 0 amide bonds. The largest absolute Gasteiger partial charge is 0.490 e. The Balaban J connectivity index is 0.00000225. The van der Waals surface area contributed by atoms with Crippen molar-refractivity contribution in [3.63, 3.8) is 0 Å². The van der Waals surface area contributed by atoms with E-state index in [1.54, 1.807) is 18.2 Å². The van der Waals surface area contributed by atoms with Crippen LogP contribution in [0.2, 0.25) is 0 Å². The maximum absolute atomic E-state index is 11.4. The lowest BCUT2D eigenvalue weighted by Gasteiger charge is -2.41. The first kappa shape index (κ1) is 19.5. The van der Waals surface area contributed by atoms with Gasteiger partial charge < -0.3 is 20.3 Å². The molecule has 1 saturated heterocycles. The predicted molar refractivity (Wildman–Crippen MR) is 94.7 cm³/mol. The van der Waals surface area contributed by atoms with Crippen LogP contribution in [-0.4, -0.2) is 40.8 Å². The Bertz CT molecular complexity index is 650. The summed E-state index contributed by atoms with van der Waals surface area (Å²) in [5, 5.41) is 21.6. The number of rotatable bonds is 4. The van der Waals surface area contributed by atoms with Gasteiger partial charge in [0, 0.05) is 0 Å². The molecule has 1 aromatic rings. The molecule has 0 bridgehead atoms. The average Bonchev–Trinajstić information content (AvgIpc) is 2.54. The molecule has 0 spiro atoms. The molecule has 138 valence electrons. The van der Waals surface area contributed by atoms with Crippen molar-refractivity contribution in [2.24, 2.45) is 11.8 Å². The molecule has 6 nitrogen and oxygen atoms in total. The average molecular weight is 370 g/mol. The number of aryl methyl sites for hydroxylation is 1. The van der Waals surface area contributed by atoms with Crippen molar-refractivity contribution in [2.45, 2.75) is 44.8 Å². The Morgan fingerprint density at radius 1 is 1.16 bits per heavy atom. The van der Waals surface area contributed by atoms with E-state index in [0.29, 0.717) is 24.0 Å². The van der Waals surface area contributed by atoms with Gasteiger partial charge in [-0.1, -0.05) is 6.07 Å². The van der Waals surface area contributed by atoms with Crippen molar-refractivity contribution in [2.75, 3.05) is 6.54 Å². The molecule has 3 rings (SSSR count). The van der Waals surface area contributed by atoms with E-state index in [1.165, 1.54) is 0 Å². The Hall–Kier alpha value is -1.79. The van der Waals surface area contributed by atoms with Gasteiger partial charge in [0.1, 0.15) is 17.4 Å². The summed E-state index contributed by atoms with van der Waals surface area (Å²) in [4.78, 5) is 22.6. The van der Waals surface area contributed by atoms with E-state index in [4.69, 9.17) is 4.74 Å². The second-order valence-electron chi connectivity index (χ2n) is 6.91. The predicted octanol–water partition coefficient (Wildman–Crippen LogP) is 2.73. The number of carboxylic acids is 2. The highest BCUT2D eigenvalue weighted by atomic mass is 35.5. The lowest BCUT2D eigenvalue weighted by Crippen LogP contribution is -2.50. The van der Waals surface area contributed by atoms with Crippen LogP contribution in [0.15, 0.2) is 18.2 Å². The number of hydrogen-bond donors (Lipinski definition) is 3. The zero-order valence-corrected chi connectivity index (χ0v) is 14.9. The molecule has 3 N–H and O–H groups in total. The highest BCUT2D eigenvalue weighted by Crippen LogP contribution is 2.37. The lowest BCUT2D eigenvalue weighted by molar-refractivity contribution is -0.141. The highest BCUT2D eigenvalue weighted by molar-refractivity contribution is 5.91. The Kier molecular flexibility index (Phi) is 6.30. The summed E-state index contributed by atoms with van der Waals surface area (Å²) in [5.74, 6) is -0.592. The van der Waals surface area contributed by atoms with Crippen LogP contribution in [0.4, 0.5) is 0 Å². The molecule has 0 aromatic heterocycles. The maximum atomic E-state index is 11.4. The van der Waals surface area contributed by atoms with Crippen LogP contribution in [0.25, 0.3) is 0 Å². The summed E-state index contributed by atoms with van der Waals surface area (Å²) >= 11 is 0. The van der Waals surface area contributed by atoms with Crippen molar-refractivity contribution in [3.8, 4) is 5.75 Å². The summed E-state index contributed by atoms with van der Waals surface area (Å²) in [6, 6.07) is 4.61. The van der Waals surface area contributed by atoms with E-state index >= 15 is 0 Å². The molecule has 4 atom stereocenters. The third-order valence-electron chi connectivity index (χ3n) is 5.22. The molecule has 0 radical (unpaired) electrons. The van der Waals surface area contributed by atoms with Crippen LogP contribution < -0.4 is 10.1 Å². The van der Waals surface area contributed by atoms with Crippen molar-refractivity contribution < 1.29 is 24.5 Å². The third kappa shape index (κ3) is 4.44. The van der Waals surface area contributed by atoms with Crippen molar-refractivity contribution in [3.05, 3.63) is 29.3 Å². The van der Waals surface area contributed by atoms with Crippen LogP contribution >= 0.6 is 12.4 Å². The first-order valence-electron chi connectivity index (χ1n) is 8.41. The number of nitrogens with one attached hydrogen (secondary N) is 1. The minimum absolute atomic E-state index is 0. The fourth-order valence-corrected chi connectivity index (χ4v) is 3.90. The van der Waals surface area contributed by atoms with E-state index < -0.39 is 18.0 Å². The number of halogens is 1. The number of piperidine rings is 1. The number of carbonyl (C=O) groups is 2. The van der Waals surface area contributed by atoms with Gasteiger partial charge in [-0.15, -0.1) is 12.4 Å². The number of carboxylic acid groups (broad SMARTS) is 2.